The fourth-order valence-electron chi connectivity index (χ4n) is 3.03. The van der Waals surface area contributed by atoms with Gasteiger partial charge in [0.05, 0.1) is 6.54 Å². The lowest BCUT2D eigenvalue weighted by Crippen LogP contribution is -2.32. The predicted molar refractivity (Wildman–Crippen MR) is 76.7 cm³/mol. The van der Waals surface area contributed by atoms with Gasteiger partial charge in [-0.1, -0.05) is 13.8 Å². The van der Waals surface area contributed by atoms with Gasteiger partial charge < -0.3 is 10.2 Å². The third-order valence-electron chi connectivity index (χ3n) is 3.98. The second kappa shape index (κ2) is 4.85. The first-order valence-electron chi connectivity index (χ1n) is 7.02. The van der Waals surface area contributed by atoms with Gasteiger partial charge in [0, 0.05) is 17.8 Å². The summed E-state index contributed by atoms with van der Waals surface area (Å²) in [7, 11) is 0. The SMILES string of the molecule is CC(C)C1CCCN1Cc1nc2ccc(N)cc2o1. The molecule has 19 heavy (non-hydrogen) atoms. The Kier molecular flexibility index (Phi) is 3.19. The van der Waals surface area contributed by atoms with Crippen molar-refractivity contribution in [1.82, 2.24) is 9.88 Å². The molecular weight excluding hydrogens is 238 g/mol. The Balaban J connectivity index is 1.81. The summed E-state index contributed by atoms with van der Waals surface area (Å²) in [5, 5.41) is 0. The highest BCUT2D eigenvalue weighted by molar-refractivity contribution is 5.76. The summed E-state index contributed by atoms with van der Waals surface area (Å²) in [6, 6.07) is 6.28. The smallest absolute Gasteiger partial charge is 0.209 e. The number of anilines is 1. The molecule has 1 fully saturated rings. The summed E-state index contributed by atoms with van der Waals surface area (Å²) < 4.78 is 5.81. The van der Waals surface area contributed by atoms with Crippen LogP contribution in [0.3, 0.4) is 0 Å². The minimum atomic E-state index is 0.653. The number of aromatic nitrogens is 1. The van der Waals surface area contributed by atoms with Gasteiger partial charge in [-0.25, -0.2) is 4.98 Å². The first-order chi connectivity index (χ1) is 9.13. The molecule has 0 aliphatic carbocycles. The molecule has 2 heterocycles. The van der Waals surface area contributed by atoms with E-state index in [0.29, 0.717) is 12.0 Å². The molecule has 0 radical (unpaired) electrons. The number of likely N-dealkylation sites (tertiary alicyclic amines) is 1. The molecule has 1 atom stereocenters. The molecule has 1 aliphatic heterocycles. The van der Waals surface area contributed by atoms with Crippen molar-refractivity contribution in [2.75, 3.05) is 12.3 Å². The van der Waals surface area contributed by atoms with Gasteiger partial charge in [-0.3, -0.25) is 4.90 Å². The minimum absolute atomic E-state index is 0.653. The van der Waals surface area contributed by atoms with Gasteiger partial charge in [-0.15, -0.1) is 0 Å². The number of hydrogen-bond acceptors (Lipinski definition) is 4. The van der Waals surface area contributed by atoms with E-state index in [-0.39, 0.29) is 0 Å². The summed E-state index contributed by atoms with van der Waals surface area (Å²) in [5.74, 6) is 1.48. The van der Waals surface area contributed by atoms with E-state index in [1.54, 1.807) is 0 Å². The Morgan fingerprint density at radius 2 is 2.32 bits per heavy atom. The third-order valence-corrected chi connectivity index (χ3v) is 3.98. The molecule has 4 heteroatoms. The van der Waals surface area contributed by atoms with Gasteiger partial charge in [0.15, 0.2) is 5.58 Å². The van der Waals surface area contributed by atoms with Crippen LogP contribution in [0.1, 0.15) is 32.6 Å². The Hall–Kier alpha value is -1.55. The molecule has 0 amide bonds. The lowest BCUT2D eigenvalue weighted by Gasteiger charge is -2.26. The van der Waals surface area contributed by atoms with Crippen LogP contribution in [0.15, 0.2) is 22.6 Å². The molecule has 0 spiro atoms. The molecule has 3 rings (SSSR count). The number of benzene rings is 1. The highest BCUT2D eigenvalue weighted by Gasteiger charge is 2.28. The summed E-state index contributed by atoms with van der Waals surface area (Å²) in [6.07, 6.45) is 2.56. The van der Waals surface area contributed by atoms with E-state index in [1.165, 1.54) is 12.8 Å². The van der Waals surface area contributed by atoms with Gasteiger partial charge in [-0.2, -0.15) is 0 Å². The van der Waals surface area contributed by atoms with E-state index in [2.05, 4.69) is 23.7 Å². The van der Waals surface area contributed by atoms with Crippen molar-refractivity contribution in [2.24, 2.45) is 5.92 Å². The predicted octanol–water partition coefficient (Wildman–Crippen LogP) is 3.03. The largest absolute Gasteiger partial charge is 0.439 e. The Morgan fingerprint density at radius 1 is 1.47 bits per heavy atom. The van der Waals surface area contributed by atoms with Crippen molar-refractivity contribution in [2.45, 2.75) is 39.3 Å². The number of rotatable bonds is 3. The molecule has 4 nitrogen and oxygen atoms in total. The van der Waals surface area contributed by atoms with E-state index in [0.717, 1.165) is 35.8 Å². The fraction of sp³-hybridized carbons (Fsp3) is 0.533. The van der Waals surface area contributed by atoms with Crippen LogP contribution in [-0.2, 0) is 6.54 Å². The van der Waals surface area contributed by atoms with E-state index in [9.17, 15) is 0 Å². The monoisotopic (exact) mass is 259 g/mol. The zero-order chi connectivity index (χ0) is 13.4. The quantitative estimate of drug-likeness (QED) is 0.861. The third kappa shape index (κ3) is 2.45. The Bertz CT molecular complexity index is 576. The highest BCUT2D eigenvalue weighted by Crippen LogP contribution is 2.26. The zero-order valence-corrected chi connectivity index (χ0v) is 11.6. The average Bonchev–Trinajstić information content (AvgIpc) is 2.95. The zero-order valence-electron chi connectivity index (χ0n) is 11.6. The molecule has 1 aromatic heterocycles. The average molecular weight is 259 g/mol. The maximum Gasteiger partial charge on any atom is 0.209 e. The van der Waals surface area contributed by atoms with Crippen molar-refractivity contribution in [1.29, 1.82) is 0 Å². The van der Waals surface area contributed by atoms with Gasteiger partial charge >= 0.3 is 0 Å². The minimum Gasteiger partial charge on any atom is -0.439 e. The first kappa shape index (κ1) is 12.5. The number of nitrogens with zero attached hydrogens (tertiary/aromatic N) is 2. The first-order valence-corrected chi connectivity index (χ1v) is 7.02. The van der Waals surface area contributed by atoms with Gasteiger partial charge in [0.2, 0.25) is 5.89 Å². The molecule has 0 saturated carbocycles. The normalized spacial score (nSPS) is 20.7. The van der Waals surface area contributed by atoms with E-state index in [4.69, 9.17) is 10.2 Å². The molecule has 1 unspecified atom stereocenters. The van der Waals surface area contributed by atoms with Crippen LogP contribution < -0.4 is 5.73 Å². The van der Waals surface area contributed by atoms with Crippen molar-refractivity contribution >= 4 is 16.8 Å². The van der Waals surface area contributed by atoms with E-state index < -0.39 is 0 Å². The molecule has 1 saturated heterocycles. The molecule has 1 aromatic carbocycles. The van der Waals surface area contributed by atoms with Crippen LogP contribution in [0.25, 0.3) is 11.1 Å². The van der Waals surface area contributed by atoms with Crippen molar-refractivity contribution in [3.05, 3.63) is 24.1 Å². The number of fused-ring (bicyclic) bond motifs is 1. The highest BCUT2D eigenvalue weighted by atomic mass is 16.3. The van der Waals surface area contributed by atoms with Gasteiger partial charge in [0.1, 0.15) is 5.52 Å². The second-order valence-corrected chi connectivity index (χ2v) is 5.76. The van der Waals surface area contributed by atoms with Crippen molar-refractivity contribution < 1.29 is 4.42 Å². The van der Waals surface area contributed by atoms with Crippen molar-refractivity contribution in [3.63, 3.8) is 0 Å². The van der Waals surface area contributed by atoms with Gasteiger partial charge in [0.25, 0.3) is 0 Å². The maximum absolute atomic E-state index is 5.81. The second-order valence-electron chi connectivity index (χ2n) is 5.76. The lowest BCUT2D eigenvalue weighted by atomic mass is 10.0. The summed E-state index contributed by atoms with van der Waals surface area (Å²) in [4.78, 5) is 7.03. The van der Waals surface area contributed by atoms with E-state index in [1.807, 2.05) is 18.2 Å². The number of nitrogen functional groups attached to an aromatic ring is 1. The molecule has 1 aliphatic rings. The number of hydrogen-bond donors (Lipinski definition) is 1. The van der Waals surface area contributed by atoms with E-state index >= 15 is 0 Å². The van der Waals surface area contributed by atoms with Crippen molar-refractivity contribution in [3.8, 4) is 0 Å². The topological polar surface area (TPSA) is 55.3 Å². The number of nitrogens with two attached hydrogens (primary N) is 1. The number of oxazole rings is 1. The van der Waals surface area contributed by atoms with Crippen LogP contribution in [0.5, 0.6) is 0 Å². The van der Waals surface area contributed by atoms with Crippen LogP contribution in [-0.4, -0.2) is 22.5 Å². The van der Waals surface area contributed by atoms with Gasteiger partial charge in [-0.05, 0) is 37.4 Å². The van der Waals surface area contributed by atoms with Crippen LogP contribution >= 0.6 is 0 Å². The molecular formula is C15H21N3O. The van der Waals surface area contributed by atoms with Crippen LogP contribution in [0, 0.1) is 5.92 Å². The van der Waals surface area contributed by atoms with Crippen LogP contribution in [0.4, 0.5) is 5.69 Å². The summed E-state index contributed by atoms with van der Waals surface area (Å²) >= 11 is 0. The fourth-order valence-corrected chi connectivity index (χ4v) is 3.03. The Morgan fingerprint density at radius 3 is 3.11 bits per heavy atom. The van der Waals surface area contributed by atoms with Crippen LogP contribution in [0.2, 0.25) is 0 Å². The lowest BCUT2D eigenvalue weighted by molar-refractivity contribution is 0.183. The maximum atomic E-state index is 5.81. The molecule has 2 aromatic rings. The summed E-state index contributed by atoms with van der Waals surface area (Å²) in [6.45, 7) is 6.52. The Labute approximate surface area is 113 Å². The molecule has 2 N–H and O–H groups in total. The molecule has 102 valence electrons. The standard InChI is InChI=1S/C15H21N3O/c1-10(2)13-4-3-7-18(13)9-15-17-12-6-5-11(16)8-14(12)19-15/h5-6,8,10,13H,3-4,7,9,16H2,1-2H3. The summed E-state index contributed by atoms with van der Waals surface area (Å²) in [5.41, 5.74) is 8.16. The molecule has 0 bridgehead atoms.